The van der Waals surface area contributed by atoms with Crippen molar-refractivity contribution in [3.63, 3.8) is 0 Å². The molecule has 6 saturated carbocycles. The summed E-state index contributed by atoms with van der Waals surface area (Å²) in [7, 11) is 1.46. The van der Waals surface area contributed by atoms with Crippen molar-refractivity contribution < 1.29 is 63.1 Å². The van der Waals surface area contributed by atoms with Gasteiger partial charge in [-0.05, 0) is 201 Å². The van der Waals surface area contributed by atoms with Gasteiger partial charge in [-0.2, -0.15) is 35.7 Å². The minimum absolute atomic E-state index is 0.0168. The molecule has 4 unspecified atom stereocenters. The molecule has 2 spiro atoms. The number of amides is 7. The molecule has 0 saturated heterocycles. The molecule has 0 bridgehead atoms. The number of hydrazone groups is 7. The number of nitrogens with one attached hydrogen (secondary N) is 8. The van der Waals surface area contributed by atoms with Gasteiger partial charge in [-0.3, -0.25) is 38.5 Å². The number of ether oxygens (including phenoxy) is 1. The standard InChI is InChI=1S/C15H20N4O3.C15H18N2O2.C14H13N3O3.C14H18N2OS.C12H11N3O2.C12H14N2O2/c1-9(2)12-5-13(7-16-18-10(3)20)15(22)14(6-12)8-17-19-11(4)21;1-10-4-2-5-11(13(10)18)9-16-17-14(19)12-8-15(12)6-3-7-15;1-20-12-4-2-3-11(13(12)18)9-16-17-14(19)10-5-7-15-8-6-10;1-9-6-7-18-12(9)8-15-16-14(17)13-10-4-2-3-5-11(10)13;16-11-6-2-1-5-10(11)12(17)15-14-8-9-4-3-7-13-9;15-11(10-7-12(10)4-2-5-12)14-13-8-9-3-1-6-16-9/h5-9,22H,1-4H3,(H,18,20)(H,19,21);2,4-5,9,12,18H,3,6-8H2,1H3,(H,17,19);2-9,18H,1H3,(H,17,19);6-8,10-11,13H,2-5H2,1H3,(H,16,17);1-8,13,16H,(H,15,17);1,3,6,8,10H,2,4-5,7H2,(H,14,15)/b16-7+,17-8+;2*16-9+;15-8+;14-8+;13-8+. The maximum absolute atomic E-state index is 12.0. The molecule has 14 rings (SSSR count). The van der Waals surface area contributed by atoms with Gasteiger partial charge in [0.15, 0.2) is 11.5 Å². The SMILES string of the molecule is CC(=O)N/N=C/c1cc(C(C)C)cc(/C=N/NC(C)=O)c1O.COc1cccc(/C=N/NC(=O)c2ccncc2)c1O.Cc1cccc(/C=N/NC(=O)C2CC23CCC3)c1O.Cc1ccsc1/C=N/NC(=O)C1C2CCCCC21.O=C(N/N=C/c1ccc[nH]1)c1ccccc1O.O=C(N/N=C/c1ccco1)C1CC12CCC2. The van der Waals surface area contributed by atoms with Crippen LogP contribution in [0, 0.1) is 54.3 Å². The summed E-state index contributed by atoms with van der Waals surface area (Å²) in [6.07, 6.45) is 31.2. The van der Waals surface area contributed by atoms with Gasteiger partial charge in [0.25, 0.3) is 11.8 Å². The molecule has 6 aliphatic rings. The number of carbonyl (C=O) groups excluding carboxylic acids is 7. The quantitative estimate of drug-likeness (QED) is 0.0235. The number of H-pyrrole nitrogens is 1. The van der Waals surface area contributed by atoms with Crippen LogP contribution >= 0.6 is 11.3 Å². The number of rotatable bonds is 21. The molecule has 0 radical (unpaired) electrons. The maximum Gasteiger partial charge on any atom is 0.275 e. The van der Waals surface area contributed by atoms with Crippen molar-refractivity contribution >= 4 is 96.2 Å². The number of furan rings is 1. The number of para-hydroxylation sites is 3. The van der Waals surface area contributed by atoms with Gasteiger partial charge < -0.3 is 34.6 Å². The summed E-state index contributed by atoms with van der Waals surface area (Å²) in [6, 6.07) is 32.7. The van der Waals surface area contributed by atoms with E-state index >= 15 is 0 Å². The van der Waals surface area contributed by atoms with Crippen LogP contribution in [0.15, 0.2) is 186 Å². The van der Waals surface area contributed by atoms with E-state index in [0.717, 1.165) is 34.5 Å². The van der Waals surface area contributed by atoms with E-state index in [4.69, 9.17) is 9.15 Å². The number of thiophene rings is 1. The molecule has 0 aliphatic heterocycles. The fourth-order valence-corrected chi connectivity index (χ4v) is 13.8. The van der Waals surface area contributed by atoms with Crippen molar-refractivity contribution in [2.45, 2.75) is 125 Å². The first kappa shape index (κ1) is 83.3. The third kappa shape index (κ3) is 24.1. The van der Waals surface area contributed by atoms with E-state index in [9.17, 15) is 54.0 Å². The molecule has 586 valence electrons. The molecule has 8 aromatic rings. The number of aromatic amines is 1. The number of hydrogen-bond donors (Lipinski definition) is 12. The van der Waals surface area contributed by atoms with E-state index in [1.807, 2.05) is 50.4 Å². The normalized spacial score (nSPS) is 18.2. The summed E-state index contributed by atoms with van der Waals surface area (Å²) >= 11 is 1.64. The number of aromatic hydroxyl groups is 4. The third-order valence-corrected chi connectivity index (χ3v) is 20.9. The number of pyridine rings is 1. The zero-order valence-electron chi connectivity index (χ0n) is 63.3. The van der Waals surface area contributed by atoms with Gasteiger partial charge in [-0.1, -0.05) is 69.9 Å². The monoisotopic (exact) mass is 1540 g/mol. The number of methoxy groups -OCH3 is 1. The van der Waals surface area contributed by atoms with Crippen LogP contribution in [0.2, 0.25) is 0 Å². The number of phenols is 4. The molecule has 4 aromatic heterocycles. The Morgan fingerprint density at radius 3 is 1.62 bits per heavy atom. The van der Waals surface area contributed by atoms with E-state index < -0.39 is 5.91 Å². The topological polar surface area (TPSA) is 422 Å². The first-order chi connectivity index (χ1) is 54.0. The second kappa shape index (κ2) is 40.6. The smallest absolute Gasteiger partial charge is 0.275 e. The Morgan fingerprint density at radius 1 is 0.554 bits per heavy atom. The number of nitrogens with zero attached hydrogens (tertiary/aromatic N) is 8. The fourth-order valence-electron chi connectivity index (χ4n) is 13.0. The van der Waals surface area contributed by atoms with Crippen LogP contribution < -0.4 is 42.7 Å². The molecule has 6 fully saturated rings. The van der Waals surface area contributed by atoms with Gasteiger partial charge in [-0.15, -0.1) is 11.3 Å². The Bertz CT molecular complexity index is 4700. The number of hydrogen-bond acceptors (Lipinski definition) is 22. The average Bonchev–Trinajstić information content (AvgIpc) is 1.58. The highest BCUT2D eigenvalue weighted by atomic mass is 32.1. The van der Waals surface area contributed by atoms with Crippen molar-refractivity contribution in [3.05, 3.63) is 212 Å². The lowest BCUT2D eigenvalue weighted by molar-refractivity contribution is -0.124. The Labute approximate surface area is 652 Å². The predicted molar refractivity (Wildman–Crippen MR) is 428 cm³/mol. The van der Waals surface area contributed by atoms with Crippen LogP contribution in [0.4, 0.5) is 0 Å². The number of phenolic OH excluding ortho intramolecular Hbond substituents is 4. The van der Waals surface area contributed by atoms with Crippen molar-refractivity contribution in [2.24, 2.45) is 76.1 Å². The van der Waals surface area contributed by atoms with E-state index in [-0.39, 0.29) is 87.7 Å². The lowest BCUT2D eigenvalue weighted by atomic mass is 9.80. The molecule has 30 heteroatoms. The second-order valence-electron chi connectivity index (χ2n) is 28.0. The van der Waals surface area contributed by atoms with Gasteiger partial charge in [0.1, 0.15) is 23.0 Å². The molecular weight excluding hydrogens is 1450 g/mol. The number of aryl methyl sites for hydroxylation is 2. The highest BCUT2D eigenvalue weighted by Gasteiger charge is 2.62. The van der Waals surface area contributed by atoms with Crippen molar-refractivity contribution in [1.82, 2.24) is 47.9 Å². The van der Waals surface area contributed by atoms with Crippen LogP contribution in [0.25, 0.3) is 0 Å². The Hall–Kier alpha value is -12.7. The molecule has 6 aliphatic carbocycles. The van der Waals surface area contributed by atoms with Crippen molar-refractivity contribution in [2.75, 3.05) is 7.11 Å². The van der Waals surface area contributed by atoms with Gasteiger partial charge in [-0.25, -0.2) is 38.0 Å². The lowest BCUT2D eigenvalue weighted by Gasteiger charge is -2.25. The molecule has 7 amide bonds. The highest BCUT2D eigenvalue weighted by molar-refractivity contribution is 7.11. The van der Waals surface area contributed by atoms with E-state index in [0.29, 0.717) is 62.0 Å². The molecule has 4 aromatic carbocycles. The lowest BCUT2D eigenvalue weighted by Crippen LogP contribution is -2.26. The van der Waals surface area contributed by atoms with Crippen LogP contribution in [0.3, 0.4) is 0 Å². The van der Waals surface area contributed by atoms with Crippen LogP contribution in [0.1, 0.15) is 187 Å². The number of benzene rings is 4. The first-order valence-electron chi connectivity index (χ1n) is 36.7. The summed E-state index contributed by atoms with van der Waals surface area (Å²) in [5, 5.41) is 68.3. The second-order valence-corrected chi connectivity index (χ2v) is 29.0. The Kier molecular flexibility index (Phi) is 30.2. The molecular formula is C82H94N16O13S. The molecule has 4 heterocycles. The fraction of sp³-hybridized carbons (Fsp3) is 0.329. The zero-order valence-corrected chi connectivity index (χ0v) is 64.1. The summed E-state index contributed by atoms with van der Waals surface area (Å²) in [5.74, 6) is 1.98. The Balaban J connectivity index is 0.000000155. The first-order valence-corrected chi connectivity index (χ1v) is 37.5. The predicted octanol–water partition coefficient (Wildman–Crippen LogP) is 11.7. The average molecular weight is 1540 g/mol. The molecule has 4 atom stereocenters. The zero-order chi connectivity index (χ0) is 80.2. The van der Waals surface area contributed by atoms with E-state index in [1.165, 1.54) is 153 Å². The summed E-state index contributed by atoms with van der Waals surface area (Å²) in [6.45, 7) is 10.6. The van der Waals surface area contributed by atoms with E-state index in [2.05, 4.69) is 96.6 Å². The van der Waals surface area contributed by atoms with Gasteiger partial charge in [0.05, 0.1) is 68.1 Å². The molecule has 112 heavy (non-hydrogen) atoms. The van der Waals surface area contributed by atoms with Gasteiger partial charge in [0.2, 0.25) is 29.5 Å². The molecule has 29 nitrogen and oxygen atoms in total. The maximum atomic E-state index is 12.0. The summed E-state index contributed by atoms with van der Waals surface area (Å²) in [5.41, 5.74) is 24.1. The van der Waals surface area contributed by atoms with Crippen LogP contribution in [0.5, 0.6) is 28.7 Å². The minimum Gasteiger partial charge on any atom is -0.507 e. The van der Waals surface area contributed by atoms with E-state index in [1.54, 1.807) is 103 Å². The highest BCUT2D eigenvalue weighted by Crippen LogP contribution is 2.66. The number of aromatic nitrogens is 2. The number of carbonyl (C=O) groups is 7. The van der Waals surface area contributed by atoms with Crippen molar-refractivity contribution in [3.8, 4) is 28.7 Å². The largest absolute Gasteiger partial charge is 0.507 e. The van der Waals surface area contributed by atoms with Gasteiger partial charge >= 0.3 is 0 Å². The Morgan fingerprint density at radius 2 is 1.10 bits per heavy atom. The van der Waals surface area contributed by atoms with Crippen molar-refractivity contribution in [1.29, 1.82) is 0 Å². The van der Waals surface area contributed by atoms with Crippen LogP contribution in [-0.2, 0) is 24.0 Å². The molecule has 12 N–H and O–H groups in total. The van der Waals surface area contributed by atoms with Gasteiger partial charge in [0, 0.05) is 82.9 Å². The third-order valence-electron chi connectivity index (χ3n) is 19.9. The minimum atomic E-state index is -0.453. The summed E-state index contributed by atoms with van der Waals surface area (Å²) in [4.78, 5) is 88.3. The number of fused-ring (bicyclic) bond motifs is 1. The summed E-state index contributed by atoms with van der Waals surface area (Å²) < 4.78 is 10.0. The van der Waals surface area contributed by atoms with Crippen LogP contribution in [-0.4, -0.2) is 122 Å².